The number of hydrogen-bond donors (Lipinski definition) is 3. The third-order valence-electron chi connectivity index (χ3n) is 10.8. The number of nitriles is 1. The van der Waals surface area contributed by atoms with Gasteiger partial charge in [0.1, 0.15) is 17.6 Å². The number of methoxy groups -OCH3 is 1. The molecule has 6 rings (SSSR count). The van der Waals surface area contributed by atoms with Crippen LogP contribution >= 0.6 is 0 Å². The molecule has 1 spiro atoms. The maximum atomic E-state index is 13.7. The molecule has 2 amide bonds. The van der Waals surface area contributed by atoms with Gasteiger partial charge in [-0.1, -0.05) is 13.3 Å². The van der Waals surface area contributed by atoms with Gasteiger partial charge in [-0.2, -0.15) is 5.26 Å². The molecule has 9 nitrogen and oxygen atoms in total. The summed E-state index contributed by atoms with van der Waals surface area (Å²) in [6, 6.07) is 5.02. The van der Waals surface area contributed by atoms with E-state index in [-0.39, 0.29) is 75.3 Å². The van der Waals surface area contributed by atoms with Gasteiger partial charge in [-0.25, -0.2) is 0 Å². The summed E-state index contributed by atoms with van der Waals surface area (Å²) >= 11 is 0. The SMILES string of the molecule is COc1cc(C#N)c(O[C@H]2CC3(C2)C[C@H](C(=O)O)C3)cc1C(=O)N[C@@H]1[C@H]2CC[C@H](C2)[C@@H]1C(=O)NCC1(C)CCC1. The van der Waals surface area contributed by atoms with E-state index < -0.39 is 5.97 Å². The smallest absolute Gasteiger partial charge is 0.306 e. The molecule has 5 fully saturated rings. The van der Waals surface area contributed by atoms with Crippen molar-refractivity contribution in [2.45, 2.75) is 83.3 Å². The van der Waals surface area contributed by atoms with Crippen molar-refractivity contribution in [2.75, 3.05) is 13.7 Å². The third-order valence-corrected chi connectivity index (χ3v) is 10.8. The fourth-order valence-corrected chi connectivity index (χ4v) is 8.23. The Morgan fingerprint density at radius 3 is 2.45 bits per heavy atom. The average Bonchev–Trinajstić information content (AvgIpc) is 3.48. The molecule has 9 heteroatoms. The normalized spacial score (nSPS) is 34.5. The van der Waals surface area contributed by atoms with Gasteiger partial charge in [-0.3, -0.25) is 14.4 Å². The van der Waals surface area contributed by atoms with Crippen LogP contribution in [0.2, 0.25) is 0 Å². The first-order valence-corrected chi connectivity index (χ1v) is 14.7. The highest BCUT2D eigenvalue weighted by Crippen LogP contribution is 2.59. The summed E-state index contributed by atoms with van der Waals surface area (Å²) < 4.78 is 11.7. The van der Waals surface area contributed by atoms with Crippen LogP contribution in [0, 0.1) is 45.8 Å². The molecule has 1 aromatic carbocycles. The highest BCUT2D eigenvalue weighted by Gasteiger charge is 2.56. The standard InChI is InChI=1S/C31H39N3O6/c1-30(6-3-7-30)16-33-28(36)25-17-4-5-18(8-17)26(25)34-27(35)22-10-23(19(15-32)9-24(22)39-2)40-21-13-31(14-21)11-20(12-31)29(37)38/h9-10,17-18,20-21,25-26H,3-8,11-14,16H2,1-2H3,(H,33,36)(H,34,35)(H,37,38)/t17-,18+,20-,21-,25+,26-,31?/m1/s1. The van der Waals surface area contributed by atoms with Crippen LogP contribution < -0.4 is 20.1 Å². The van der Waals surface area contributed by atoms with Gasteiger partial charge in [0.2, 0.25) is 5.91 Å². The molecule has 0 radical (unpaired) electrons. The zero-order valence-corrected chi connectivity index (χ0v) is 23.3. The minimum Gasteiger partial charge on any atom is -0.496 e. The highest BCUT2D eigenvalue weighted by atomic mass is 16.5. The Hall–Kier alpha value is -3.28. The Labute approximate surface area is 235 Å². The molecule has 5 aliphatic rings. The van der Waals surface area contributed by atoms with Gasteiger partial charge >= 0.3 is 5.97 Å². The molecule has 0 aliphatic heterocycles. The Morgan fingerprint density at radius 2 is 1.82 bits per heavy atom. The van der Waals surface area contributed by atoms with Crippen LogP contribution in [-0.4, -0.2) is 48.7 Å². The molecule has 0 saturated heterocycles. The lowest BCUT2D eigenvalue weighted by atomic mass is 9.50. The van der Waals surface area contributed by atoms with Crippen molar-refractivity contribution in [1.29, 1.82) is 5.26 Å². The second-order valence-corrected chi connectivity index (χ2v) is 13.5. The van der Waals surface area contributed by atoms with E-state index in [1.54, 1.807) is 6.07 Å². The van der Waals surface area contributed by atoms with Crippen molar-refractivity contribution in [2.24, 2.45) is 34.5 Å². The van der Waals surface area contributed by atoms with E-state index in [0.717, 1.165) is 44.9 Å². The lowest BCUT2D eigenvalue weighted by Crippen LogP contribution is -2.53. The summed E-state index contributed by atoms with van der Waals surface area (Å²) in [5, 5.41) is 25.3. The van der Waals surface area contributed by atoms with Crippen LogP contribution in [0.4, 0.5) is 0 Å². The van der Waals surface area contributed by atoms with E-state index in [0.29, 0.717) is 25.1 Å². The van der Waals surface area contributed by atoms with Crippen LogP contribution in [0.15, 0.2) is 12.1 Å². The predicted octanol–water partition coefficient (Wildman–Crippen LogP) is 4.04. The summed E-state index contributed by atoms with van der Waals surface area (Å²) in [7, 11) is 1.47. The van der Waals surface area contributed by atoms with Gasteiger partial charge in [0.25, 0.3) is 5.91 Å². The molecule has 0 heterocycles. The molecular formula is C31H39N3O6. The highest BCUT2D eigenvalue weighted by molar-refractivity contribution is 5.98. The zero-order valence-electron chi connectivity index (χ0n) is 23.3. The molecule has 3 N–H and O–H groups in total. The lowest BCUT2D eigenvalue weighted by molar-refractivity contribution is -0.161. The van der Waals surface area contributed by atoms with E-state index in [9.17, 15) is 24.8 Å². The summed E-state index contributed by atoms with van der Waals surface area (Å²) in [5.74, 6) is -0.371. The monoisotopic (exact) mass is 549 g/mol. The van der Waals surface area contributed by atoms with E-state index in [2.05, 4.69) is 23.6 Å². The van der Waals surface area contributed by atoms with Crippen molar-refractivity contribution < 1.29 is 29.0 Å². The van der Waals surface area contributed by atoms with Crippen molar-refractivity contribution in [1.82, 2.24) is 10.6 Å². The minimum atomic E-state index is -0.740. The lowest BCUT2D eigenvalue weighted by Gasteiger charge is -2.56. The van der Waals surface area contributed by atoms with Crippen LogP contribution in [0.1, 0.15) is 87.1 Å². The van der Waals surface area contributed by atoms with E-state index in [1.165, 1.54) is 19.6 Å². The molecule has 40 heavy (non-hydrogen) atoms. The van der Waals surface area contributed by atoms with Gasteiger partial charge in [-0.05, 0) is 86.5 Å². The molecule has 5 saturated carbocycles. The van der Waals surface area contributed by atoms with Crippen molar-refractivity contribution in [3.05, 3.63) is 23.3 Å². The molecule has 0 aromatic heterocycles. The number of carbonyl (C=O) groups is 3. The van der Waals surface area contributed by atoms with Crippen molar-refractivity contribution >= 4 is 17.8 Å². The first-order valence-electron chi connectivity index (χ1n) is 14.7. The molecule has 5 aliphatic carbocycles. The first-order chi connectivity index (χ1) is 19.1. The number of fused-ring (bicyclic) bond motifs is 2. The van der Waals surface area contributed by atoms with Crippen LogP contribution in [0.5, 0.6) is 11.5 Å². The molecular weight excluding hydrogens is 510 g/mol. The Kier molecular flexibility index (Phi) is 6.71. The molecule has 2 bridgehead atoms. The summed E-state index contributed by atoms with van der Waals surface area (Å²) in [5.41, 5.74) is 0.785. The number of rotatable bonds is 9. The first kappa shape index (κ1) is 26.9. The number of carbonyl (C=O) groups excluding carboxylic acids is 2. The number of nitrogens with zero attached hydrogens (tertiary/aromatic N) is 1. The second kappa shape index (κ2) is 9.97. The number of nitrogens with one attached hydrogen (secondary N) is 2. The summed E-state index contributed by atoms with van der Waals surface area (Å²) in [4.78, 5) is 38.2. The van der Waals surface area contributed by atoms with Gasteiger partial charge in [-0.15, -0.1) is 0 Å². The van der Waals surface area contributed by atoms with E-state index >= 15 is 0 Å². The summed E-state index contributed by atoms with van der Waals surface area (Å²) in [6.45, 7) is 2.90. The number of benzene rings is 1. The topological polar surface area (TPSA) is 138 Å². The summed E-state index contributed by atoms with van der Waals surface area (Å²) in [6.07, 6.45) is 9.16. The van der Waals surface area contributed by atoms with Crippen molar-refractivity contribution in [3.8, 4) is 17.6 Å². The van der Waals surface area contributed by atoms with Crippen LogP contribution in [-0.2, 0) is 9.59 Å². The molecule has 1 aromatic rings. The van der Waals surface area contributed by atoms with Gasteiger partial charge in [0.15, 0.2) is 0 Å². The van der Waals surface area contributed by atoms with E-state index in [1.807, 2.05) is 0 Å². The van der Waals surface area contributed by atoms with E-state index in [4.69, 9.17) is 9.47 Å². The van der Waals surface area contributed by atoms with Crippen molar-refractivity contribution in [3.63, 3.8) is 0 Å². The number of ether oxygens (including phenoxy) is 2. The fraction of sp³-hybridized carbons (Fsp3) is 0.677. The third kappa shape index (κ3) is 4.69. The van der Waals surface area contributed by atoms with Crippen LogP contribution in [0.25, 0.3) is 0 Å². The number of hydrogen-bond acceptors (Lipinski definition) is 6. The molecule has 0 unspecified atom stereocenters. The Balaban J connectivity index is 1.14. The molecule has 214 valence electrons. The maximum absolute atomic E-state index is 13.7. The molecule has 4 atom stereocenters. The zero-order chi connectivity index (χ0) is 28.2. The van der Waals surface area contributed by atoms with Gasteiger partial charge < -0.3 is 25.2 Å². The number of carboxylic acid groups (broad SMARTS) is 1. The number of aliphatic carboxylic acids is 1. The van der Waals surface area contributed by atoms with Gasteiger partial charge in [0, 0.05) is 18.7 Å². The Bertz CT molecular complexity index is 1250. The van der Waals surface area contributed by atoms with Crippen LogP contribution in [0.3, 0.4) is 0 Å². The Morgan fingerprint density at radius 1 is 1.10 bits per heavy atom. The minimum absolute atomic E-state index is 0.0284. The average molecular weight is 550 g/mol. The largest absolute Gasteiger partial charge is 0.496 e. The second-order valence-electron chi connectivity index (χ2n) is 13.5. The fourth-order valence-electron chi connectivity index (χ4n) is 8.23. The number of carboxylic acids is 1. The predicted molar refractivity (Wildman–Crippen MR) is 145 cm³/mol. The van der Waals surface area contributed by atoms with Gasteiger partial charge in [0.05, 0.1) is 36.2 Å². The maximum Gasteiger partial charge on any atom is 0.306 e. The number of amides is 2. The quantitative estimate of drug-likeness (QED) is 0.423.